The normalized spacial score (nSPS) is 15.2. The molecule has 2 aromatic carbocycles. The second kappa shape index (κ2) is 8.12. The Hall–Kier alpha value is -3.35. The molecule has 0 aliphatic carbocycles. The molecule has 2 heterocycles. The molecule has 1 atom stereocenters. The molecule has 1 N–H and O–H groups in total. The molecule has 0 radical (unpaired) electrons. The van der Waals surface area contributed by atoms with Gasteiger partial charge in [0.15, 0.2) is 11.5 Å². The predicted molar refractivity (Wildman–Crippen MR) is 102 cm³/mol. The number of hydrogen-bond acceptors (Lipinski definition) is 6. The van der Waals surface area contributed by atoms with Crippen molar-refractivity contribution in [1.82, 2.24) is 15.5 Å². The third-order valence-corrected chi connectivity index (χ3v) is 4.43. The quantitative estimate of drug-likeness (QED) is 0.709. The highest BCUT2D eigenvalue weighted by Crippen LogP contribution is 2.30. The van der Waals surface area contributed by atoms with Crippen molar-refractivity contribution < 1.29 is 18.7 Å². The minimum Gasteiger partial charge on any atom is -0.486 e. The number of carbonyl (C=O) groups is 1. The van der Waals surface area contributed by atoms with Crippen LogP contribution in [-0.2, 0) is 11.2 Å². The number of ether oxygens (including phenoxy) is 2. The van der Waals surface area contributed by atoms with E-state index in [1.54, 1.807) is 0 Å². The molecular formula is C21H21N3O4. The van der Waals surface area contributed by atoms with Gasteiger partial charge in [0.05, 0.1) is 6.54 Å². The first-order valence-electron chi connectivity index (χ1n) is 9.22. The molecule has 0 saturated heterocycles. The third kappa shape index (κ3) is 4.31. The lowest BCUT2D eigenvalue weighted by Crippen LogP contribution is -2.40. The lowest BCUT2D eigenvalue weighted by Gasteiger charge is -2.26. The second-order valence-corrected chi connectivity index (χ2v) is 6.67. The van der Waals surface area contributed by atoms with E-state index in [-0.39, 0.29) is 18.4 Å². The Morgan fingerprint density at radius 3 is 2.71 bits per heavy atom. The largest absolute Gasteiger partial charge is 0.486 e. The van der Waals surface area contributed by atoms with Gasteiger partial charge in [0, 0.05) is 18.4 Å². The molecule has 1 aromatic heterocycles. The van der Waals surface area contributed by atoms with Crippen LogP contribution in [0.5, 0.6) is 11.5 Å². The summed E-state index contributed by atoms with van der Waals surface area (Å²) in [5, 5.41) is 10.9. The van der Waals surface area contributed by atoms with Crippen molar-refractivity contribution in [3.8, 4) is 23.0 Å². The number of fused-ring (bicyclic) bond motifs is 1. The fraction of sp³-hybridized carbons (Fsp3) is 0.286. The van der Waals surface area contributed by atoms with Gasteiger partial charge in [-0.3, -0.25) is 4.79 Å². The molecule has 0 saturated carbocycles. The summed E-state index contributed by atoms with van der Waals surface area (Å²) in [5.41, 5.74) is 2.03. The van der Waals surface area contributed by atoms with Gasteiger partial charge in [-0.2, -0.15) is 0 Å². The first-order valence-corrected chi connectivity index (χ1v) is 9.22. The Bertz CT molecular complexity index is 952. The molecule has 1 aliphatic rings. The Labute approximate surface area is 162 Å². The van der Waals surface area contributed by atoms with Crippen molar-refractivity contribution in [1.29, 1.82) is 0 Å². The van der Waals surface area contributed by atoms with Crippen molar-refractivity contribution in [2.75, 3.05) is 13.2 Å². The molecule has 0 bridgehead atoms. The molecule has 0 spiro atoms. The van der Waals surface area contributed by atoms with Gasteiger partial charge in [-0.05, 0) is 31.2 Å². The second-order valence-electron chi connectivity index (χ2n) is 6.67. The van der Waals surface area contributed by atoms with Gasteiger partial charge in [0.2, 0.25) is 17.7 Å². The first-order chi connectivity index (χ1) is 13.7. The van der Waals surface area contributed by atoms with Crippen LogP contribution >= 0.6 is 0 Å². The molecule has 3 aromatic rings. The maximum absolute atomic E-state index is 12.1. The molecular weight excluding hydrogens is 358 g/mol. The Morgan fingerprint density at radius 2 is 1.89 bits per heavy atom. The van der Waals surface area contributed by atoms with Gasteiger partial charge in [0.1, 0.15) is 12.7 Å². The van der Waals surface area contributed by atoms with Gasteiger partial charge >= 0.3 is 0 Å². The number of amides is 1. The summed E-state index contributed by atoms with van der Waals surface area (Å²) in [6, 6.07) is 15.3. The smallest absolute Gasteiger partial charge is 0.247 e. The highest BCUT2D eigenvalue weighted by molar-refractivity contribution is 5.76. The van der Waals surface area contributed by atoms with E-state index in [0.717, 1.165) is 16.9 Å². The SMILES string of the molecule is Cc1ccc(-c2nnc(CCC(=O)NCC3COc4ccccc4O3)o2)cc1. The van der Waals surface area contributed by atoms with E-state index in [0.29, 0.717) is 37.1 Å². The van der Waals surface area contributed by atoms with E-state index < -0.39 is 0 Å². The van der Waals surface area contributed by atoms with Gasteiger partial charge in [-0.1, -0.05) is 29.8 Å². The zero-order valence-corrected chi connectivity index (χ0v) is 15.6. The fourth-order valence-electron chi connectivity index (χ4n) is 2.87. The van der Waals surface area contributed by atoms with Crippen molar-refractivity contribution in [2.45, 2.75) is 25.9 Å². The zero-order chi connectivity index (χ0) is 19.3. The van der Waals surface area contributed by atoms with Crippen LogP contribution in [0.4, 0.5) is 0 Å². The highest BCUT2D eigenvalue weighted by atomic mass is 16.6. The molecule has 1 unspecified atom stereocenters. The summed E-state index contributed by atoms with van der Waals surface area (Å²) in [4.78, 5) is 12.1. The molecule has 144 valence electrons. The topological polar surface area (TPSA) is 86.5 Å². The van der Waals surface area contributed by atoms with Crippen LogP contribution in [0, 0.1) is 6.92 Å². The molecule has 1 aliphatic heterocycles. The van der Waals surface area contributed by atoms with E-state index in [9.17, 15) is 4.79 Å². The minimum atomic E-state index is -0.213. The maximum atomic E-state index is 12.1. The van der Waals surface area contributed by atoms with Gasteiger partial charge < -0.3 is 19.2 Å². The van der Waals surface area contributed by atoms with Crippen molar-refractivity contribution in [3.05, 3.63) is 60.0 Å². The molecule has 7 heteroatoms. The lowest BCUT2D eigenvalue weighted by atomic mass is 10.1. The third-order valence-electron chi connectivity index (χ3n) is 4.43. The number of aryl methyl sites for hydroxylation is 2. The Kier molecular flexibility index (Phi) is 5.23. The number of hydrogen-bond donors (Lipinski definition) is 1. The number of carbonyl (C=O) groups excluding carboxylic acids is 1. The molecule has 0 fully saturated rings. The van der Waals surface area contributed by atoms with Crippen LogP contribution in [0.25, 0.3) is 11.5 Å². The van der Waals surface area contributed by atoms with Crippen LogP contribution in [0.15, 0.2) is 52.9 Å². The highest BCUT2D eigenvalue weighted by Gasteiger charge is 2.21. The zero-order valence-electron chi connectivity index (χ0n) is 15.6. The average molecular weight is 379 g/mol. The average Bonchev–Trinajstić information content (AvgIpc) is 3.20. The molecule has 28 heavy (non-hydrogen) atoms. The number of para-hydroxylation sites is 2. The van der Waals surface area contributed by atoms with Crippen LogP contribution < -0.4 is 14.8 Å². The van der Waals surface area contributed by atoms with Crippen LogP contribution in [-0.4, -0.2) is 35.4 Å². The van der Waals surface area contributed by atoms with E-state index in [2.05, 4.69) is 15.5 Å². The predicted octanol–water partition coefficient (Wildman–Crippen LogP) is 2.93. The lowest BCUT2D eigenvalue weighted by molar-refractivity contribution is -0.121. The van der Waals surface area contributed by atoms with Gasteiger partial charge in [-0.25, -0.2) is 0 Å². The van der Waals surface area contributed by atoms with Crippen molar-refractivity contribution in [3.63, 3.8) is 0 Å². The van der Waals surface area contributed by atoms with Crippen molar-refractivity contribution >= 4 is 5.91 Å². The Morgan fingerprint density at radius 1 is 1.11 bits per heavy atom. The summed E-state index contributed by atoms with van der Waals surface area (Å²) in [7, 11) is 0. The number of rotatable bonds is 6. The van der Waals surface area contributed by atoms with Crippen LogP contribution in [0.1, 0.15) is 17.9 Å². The van der Waals surface area contributed by atoms with E-state index in [1.807, 2.05) is 55.5 Å². The molecule has 4 rings (SSSR count). The van der Waals surface area contributed by atoms with E-state index >= 15 is 0 Å². The van der Waals surface area contributed by atoms with Gasteiger partial charge in [0.25, 0.3) is 0 Å². The maximum Gasteiger partial charge on any atom is 0.247 e. The summed E-state index contributed by atoms with van der Waals surface area (Å²) >= 11 is 0. The van der Waals surface area contributed by atoms with E-state index in [1.165, 1.54) is 0 Å². The number of benzene rings is 2. The van der Waals surface area contributed by atoms with Gasteiger partial charge in [-0.15, -0.1) is 10.2 Å². The number of nitrogens with zero attached hydrogens (tertiary/aromatic N) is 2. The first kappa shape index (κ1) is 18.0. The summed E-state index contributed by atoms with van der Waals surface area (Å²) in [5.74, 6) is 2.23. The van der Waals surface area contributed by atoms with E-state index in [4.69, 9.17) is 13.9 Å². The van der Waals surface area contributed by atoms with Crippen molar-refractivity contribution in [2.24, 2.45) is 0 Å². The summed E-state index contributed by atoms with van der Waals surface area (Å²) in [6.07, 6.45) is 0.435. The number of aromatic nitrogens is 2. The monoisotopic (exact) mass is 379 g/mol. The molecule has 1 amide bonds. The number of nitrogens with one attached hydrogen (secondary N) is 1. The molecule has 7 nitrogen and oxygen atoms in total. The minimum absolute atomic E-state index is 0.0995. The van der Waals surface area contributed by atoms with Crippen LogP contribution in [0.2, 0.25) is 0 Å². The summed E-state index contributed by atoms with van der Waals surface area (Å²) in [6.45, 7) is 2.80. The fourth-order valence-corrected chi connectivity index (χ4v) is 2.87. The Balaban J connectivity index is 1.24. The standard InChI is InChI=1S/C21H21N3O4/c1-14-6-8-15(9-7-14)21-24-23-20(28-21)11-10-19(25)22-12-16-13-26-17-4-2-3-5-18(17)27-16/h2-9,16H,10-13H2,1H3,(H,22,25). The summed E-state index contributed by atoms with van der Waals surface area (Å²) < 4.78 is 17.1. The van der Waals surface area contributed by atoms with Crippen LogP contribution in [0.3, 0.4) is 0 Å².